The smallest absolute Gasteiger partial charge is 0.243 e. The summed E-state index contributed by atoms with van der Waals surface area (Å²) in [6.07, 6.45) is 4.19. The Labute approximate surface area is 160 Å². The van der Waals surface area contributed by atoms with Crippen LogP contribution >= 0.6 is 0 Å². The van der Waals surface area contributed by atoms with Crippen molar-refractivity contribution in [3.8, 4) is 0 Å². The van der Waals surface area contributed by atoms with Gasteiger partial charge < -0.3 is 4.90 Å². The van der Waals surface area contributed by atoms with Gasteiger partial charge in [0.1, 0.15) is 5.52 Å². The van der Waals surface area contributed by atoms with Gasteiger partial charge in [-0.15, -0.1) is 5.10 Å². The molecule has 1 aromatic heterocycles. The summed E-state index contributed by atoms with van der Waals surface area (Å²) in [6.45, 7) is 5.23. The first-order chi connectivity index (χ1) is 12.8. The molecule has 1 aromatic carbocycles. The number of amides is 1. The molecule has 0 N–H and O–H groups in total. The minimum atomic E-state index is -3.78. The maximum atomic E-state index is 12.9. The number of hydrogen-bond acceptors (Lipinski definition) is 5. The van der Waals surface area contributed by atoms with E-state index in [1.807, 2.05) is 13.8 Å². The standard InChI is InChI=1S/C18H27N5O3S/c1-14(2)23-17-9-8-15(12-16(17)19-20-23)27(25,26)21(3)13-18(24)22-10-6-4-5-7-11-22/h8-9,12,14H,4-7,10-11,13H2,1-3H3. The summed E-state index contributed by atoms with van der Waals surface area (Å²) < 4.78 is 28.7. The lowest BCUT2D eigenvalue weighted by Crippen LogP contribution is -2.41. The van der Waals surface area contributed by atoms with Crippen molar-refractivity contribution in [1.82, 2.24) is 24.2 Å². The fraction of sp³-hybridized carbons (Fsp3) is 0.611. The number of sulfonamides is 1. The van der Waals surface area contributed by atoms with Crippen LogP contribution in [0.5, 0.6) is 0 Å². The Morgan fingerprint density at radius 2 is 1.85 bits per heavy atom. The highest BCUT2D eigenvalue weighted by atomic mass is 32.2. The molecular weight excluding hydrogens is 366 g/mol. The first-order valence-corrected chi connectivity index (χ1v) is 10.8. The van der Waals surface area contributed by atoms with Crippen molar-refractivity contribution in [2.45, 2.75) is 50.5 Å². The summed E-state index contributed by atoms with van der Waals surface area (Å²) >= 11 is 0. The van der Waals surface area contributed by atoms with Crippen LogP contribution in [0, 0.1) is 0 Å². The van der Waals surface area contributed by atoms with Gasteiger partial charge in [-0.2, -0.15) is 4.31 Å². The number of carbonyl (C=O) groups excluding carboxylic acids is 1. The first-order valence-electron chi connectivity index (χ1n) is 9.40. The molecule has 8 nitrogen and oxygen atoms in total. The van der Waals surface area contributed by atoms with Crippen molar-refractivity contribution >= 4 is 27.0 Å². The van der Waals surface area contributed by atoms with Gasteiger partial charge in [0, 0.05) is 26.2 Å². The van der Waals surface area contributed by atoms with Crippen molar-refractivity contribution in [3.05, 3.63) is 18.2 Å². The fourth-order valence-electron chi connectivity index (χ4n) is 3.34. The van der Waals surface area contributed by atoms with Crippen molar-refractivity contribution in [2.24, 2.45) is 0 Å². The highest BCUT2D eigenvalue weighted by molar-refractivity contribution is 7.89. The van der Waals surface area contributed by atoms with Crippen LogP contribution in [0.25, 0.3) is 11.0 Å². The second-order valence-corrected chi connectivity index (χ2v) is 9.38. The average molecular weight is 394 g/mol. The summed E-state index contributed by atoms with van der Waals surface area (Å²) in [5.74, 6) is -0.144. The lowest BCUT2D eigenvalue weighted by atomic mass is 10.2. The number of hydrogen-bond donors (Lipinski definition) is 0. The molecule has 1 amide bonds. The number of aromatic nitrogens is 3. The van der Waals surface area contributed by atoms with E-state index in [1.54, 1.807) is 21.7 Å². The predicted octanol–water partition coefficient (Wildman–Crippen LogP) is 2.04. The Bertz CT molecular complexity index is 914. The molecule has 0 bridgehead atoms. The van der Waals surface area contributed by atoms with Gasteiger partial charge in [-0.05, 0) is 44.9 Å². The summed E-state index contributed by atoms with van der Waals surface area (Å²) in [5.41, 5.74) is 1.31. The maximum Gasteiger partial charge on any atom is 0.243 e. The Morgan fingerprint density at radius 1 is 1.19 bits per heavy atom. The maximum absolute atomic E-state index is 12.9. The molecule has 2 aromatic rings. The van der Waals surface area contributed by atoms with Gasteiger partial charge in [0.15, 0.2) is 0 Å². The fourth-order valence-corrected chi connectivity index (χ4v) is 4.48. The van der Waals surface area contributed by atoms with Crippen LogP contribution in [-0.2, 0) is 14.8 Å². The lowest BCUT2D eigenvalue weighted by Gasteiger charge is -2.24. The highest BCUT2D eigenvalue weighted by Gasteiger charge is 2.26. The summed E-state index contributed by atoms with van der Waals surface area (Å²) in [5, 5.41) is 8.15. The van der Waals surface area contributed by atoms with Crippen molar-refractivity contribution in [1.29, 1.82) is 0 Å². The van der Waals surface area contributed by atoms with E-state index in [2.05, 4.69) is 10.3 Å². The van der Waals surface area contributed by atoms with Crippen LogP contribution in [0.2, 0.25) is 0 Å². The topological polar surface area (TPSA) is 88.4 Å². The summed E-state index contributed by atoms with van der Waals surface area (Å²) in [7, 11) is -2.33. The second kappa shape index (κ2) is 7.93. The van der Waals surface area contributed by atoms with E-state index >= 15 is 0 Å². The average Bonchev–Trinajstić information content (AvgIpc) is 2.86. The van der Waals surface area contributed by atoms with E-state index in [0.717, 1.165) is 35.5 Å². The van der Waals surface area contributed by atoms with Gasteiger partial charge >= 0.3 is 0 Å². The van der Waals surface area contributed by atoms with Crippen molar-refractivity contribution in [3.63, 3.8) is 0 Å². The molecule has 1 aliphatic heterocycles. The van der Waals surface area contributed by atoms with E-state index in [-0.39, 0.29) is 23.4 Å². The van der Waals surface area contributed by atoms with Crippen LogP contribution in [0.3, 0.4) is 0 Å². The normalized spacial score (nSPS) is 16.3. The molecule has 0 spiro atoms. The van der Waals surface area contributed by atoms with Crippen LogP contribution in [0.15, 0.2) is 23.1 Å². The zero-order valence-corrected chi connectivity index (χ0v) is 16.9. The zero-order chi connectivity index (χ0) is 19.6. The summed E-state index contributed by atoms with van der Waals surface area (Å²) in [6, 6.07) is 4.91. The Hall–Kier alpha value is -2.00. The molecular formula is C18H27N5O3S. The zero-order valence-electron chi connectivity index (χ0n) is 16.1. The third kappa shape index (κ3) is 4.14. The molecule has 0 saturated carbocycles. The number of benzene rings is 1. The van der Waals surface area contributed by atoms with E-state index in [4.69, 9.17) is 0 Å². The quantitative estimate of drug-likeness (QED) is 0.776. The molecule has 9 heteroatoms. The molecule has 148 valence electrons. The number of likely N-dealkylation sites (tertiary alicyclic amines) is 1. The number of rotatable bonds is 5. The minimum Gasteiger partial charge on any atom is -0.342 e. The Morgan fingerprint density at radius 3 is 2.48 bits per heavy atom. The molecule has 1 saturated heterocycles. The molecule has 0 atom stereocenters. The first kappa shape index (κ1) is 19.8. The largest absolute Gasteiger partial charge is 0.342 e. The molecule has 0 aliphatic carbocycles. The highest BCUT2D eigenvalue weighted by Crippen LogP contribution is 2.22. The number of fused-ring (bicyclic) bond motifs is 1. The lowest BCUT2D eigenvalue weighted by molar-refractivity contribution is -0.131. The molecule has 27 heavy (non-hydrogen) atoms. The van der Waals surface area contributed by atoms with Gasteiger partial charge in [-0.25, -0.2) is 13.1 Å². The summed E-state index contributed by atoms with van der Waals surface area (Å²) in [4.78, 5) is 14.4. The number of likely N-dealkylation sites (N-methyl/N-ethyl adjacent to an activating group) is 1. The van der Waals surface area contributed by atoms with E-state index in [1.165, 1.54) is 13.1 Å². The van der Waals surface area contributed by atoms with Gasteiger partial charge in [-0.1, -0.05) is 18.1 Å². The van der Waals surface area contributed by atoms with Gasteiger partial charge in [-0.3, -0.25) is 4.79 Å². The van der Waals surface area contributed by atoms with Crippen molar-refractivity contribution < 1.29 is 13.2 Å². The molecule has 1 aliphatic rings. The van der Waals surface area contributed by atoms with E-state index in [0.29, 0.717) is 18.6 Å². The second-order valence-electron chi connectivity index (χ2n) is 7.33. The number of carbonyl (C=O) groups is 1. The monoisotopic (exact) mass is 393 g/mol. The molecule has 2 heterocycles. The SMILES string of the molecule is CC(C)n1nnc2cc(S(=O)(=O)N(C)CC(=O)N3CCCCCC3)ccc21. The minimum absolute atomic E-state index is 0.122. The van der Waals surface area contributed by atoms with Gasteiger partial charge in [0.25, 0.3) is 0 Å². The predicted molar refractivity (Wildman–Crippen MR) is 103 cm³/mol. The van der Waals surface area contributed by atoms with Crippen molar-refractivity contribution in [2.75, 3.05) is 26.7 Å². The van der Waals surface area contributed by atoms with E-state index < -0.39 is 10.0 Å². The molecule has 0 unspecified atom stereocenters. The van der Waals surface area contributed by atoms with Crippen LogP contribution in [0.4, 0.5) is 0 Å². The molecule has 0 radical (unpaired) electrons. The van der Waals surface area contributed by atoms with Gasteiger partial charge in [0.05, 0.1) is 17.0 Å². The van der Waals surface area contributed by atoms with Gasteiger partial charge in [0.2, 0.25) is 15.9 Å². The third-order valence-corrected chi connectivity index (χ3v) is 6.76. The third-order valence-electron chi connectivity index (χ3n) is 4.96. The molecule has 3 rings (SSSR count). The Balaban J connectivity index is 1.78. The van der Waals surface area contributed by atoms with Crippen LogP contribution < -0.4 is 0 Å². The molecule has 1 fully saturated rings. The number of nitrogens with zero attached hydrogens (tertiary/aromatic N) is 5. The van der Waals surface area contributed by atoms with Crippen LogP contribution in [0.1, 0.15) is 45.6 Å². The van der Waals surface area contributed by atoms with Crippen LogP contribution in [-0.4, -0.2) is 65.2 Å². The Kier molecular flexibility index (Phi) is 5.81. The van der Waals surface area contributed by atoms with E-state index in [9.17, 15) is 13.2 Å².